The first-order valence-corrected chi connectivity index (χ1v) is 22.0. The van der Waals surface area contributed by atoms with Crippen LogP contribution < -0.4 is 0 Å². The first-order valence-electron chi connectivity index (χ1n) is 20.5. The van der Waals surface area contributed by atoms with Gasteiger partial charge in [0.05, 0.1) is 40.0 Å². The van der Waals surface area contributed by atoms with Crippen LogP contribution >= 0.6 is 7.82 Å². The highest BCUT2D eigenvalue weighted by Crippen LogP contribution is 2.43. The van der Waals surface area contributed by atoms with Gasteiger partial charge in [-0.15, -0.1) is 0 Å². The van der Waals surface area contributed by atoms with Gasteiger partial charge in [0.2, 0.25) is 0 Å². The van der Waals surface area contributed by atoms with Crippen LogP contribution in [0.5, 0.6) is 0 Å². The number of hydrogen-bond donors (Lipinski definition) is 1. The first-order chi connectivity index (χ1) is 25.5. The lowest BCUT2D eigenvalue weighted by Crippen LogP contribution is -2.37. The third-order valence-electron chi connectivity index (χ3n) is 8.73. The highest BCUT2D eigenvalue weighted by molar-refractivity contribution is 7.47. The average Bonchev–Trinajstić information content (AvgIpc) is 3.86. The molecule has 0 radical (unpaired) electrons. The molecule has 4 atom stereocenters. The SMILES string of the molecule is CCCC/C=C\CCCCCCCC(=O)O[C@H](COC(=O)CCC/C=C\CC1OC1C/C=C\C/C=C\CCCCC)COP(=O)(O)OCC[N+](C)(C)C. The number of phosphoric acid groups is 1. The highest BCUT2D eigenvalue weighted by atomic mass is 31.2. The van der Waals surface area contributed by atoms with Crippen LogP contribution in [0.25, 0.3) is 0 Å². The molecule has 0 amide bonds. The second-order valence-corrected chi connectivity index (χ2v) is 16.5. The number of carbonyl (C=O) groups excluding carboxylic acids is 2. The second-order valence-electron chi connectivity index (χ2n) is 15.0. The Morgan fingerprint density at radius 2 is 1.23 bits per heavy atom. The van der Waals surface area contributed by atoms with Crippen molar-refractivity contribution in [1.82, 2.24) is 0 Å². The maximum atomic E-state index is 12.6. The number of likely N-dealkylation sites (N-methyl/N-ethyl adjacent to an activating group) is 1. The number of hydrogen-bond acceptors (Lipinski definition) is 8. The first kappa shape index (κ1) is 48.9. The van der Waals surface area contributed by atoms with E-state index in [-0.39, 0.29) is 38.3 Å². The average molecular weight is 769 g/mol. The standard InChI is InChI=1S/C42H74NO9P/c1-6-8-10-12-14-16-17-19-21-23-29-33-42(45)51-38(37-50-53(46,47)49-35-34-43(3,4)5)36-48-41(44)32-28-25-24-27-31-40-39(52-40)30-26-22-20-18-15-13-11-9-7-2/h12,14-15,18,22,24,26-27,38-40H,6-11,13,16-17,19-21,23,25,28-37H2,1-5H3/p+1/b14-12-,18-15-,26-22-,27-24-/t38-,39?,40?/m1/s1. The molecule has 1 aliphatic rings. The van der Waals surface area contributed by atoms with E-state index in [9.17, 15) is 19.0 Å². The Labute approximate surface area is 322 Å². The quantitative estimate of drug-likeness (QED) is 0.0168. The molecule has 0 spiro atoms. The van der Waals surface area contributed by atoms with Gasteiger partial charge in [-0.1, -0.05) is 107 Å². The summed E-state index contributed by atoms with van der Waals surface area (Å²) in [6.45, 7) is 4.24. The van der Waals surface area contributed by atoms with Gasteiger partial charge >= 0.3 is 19.8 Å². The van der Waals surface area contributed by atoms with Crippen LogP contribution in [0, 0.1) is 0 Å². The largest absolute Gasteiger partial charge is 0.472 e. The van der Waals surface area contributed by atoms with Crippen molar-refractivity contribution in [1.29, 1.82) is 0 Å². The van der Waals surface area contributed by atoms with Crippen LogP contribution in [0.4, 0.5) is 0 Å². The zero-order chi connectivity index (χ0) is 39.0. The zero-order valence-electron chi connectivity index (χ0n) is 33.9. The van der Waals surface area contributed by atoms with Gasteiger partial charge in [-0.2, -0.15) is 0 Å². The minimum absolute atomic E-state index is 0.0171. The molecule has 1 N–H and O–H groups in total. The van der Waals surface area contributed by atoms with E-state index in [2.05, 4.69) is 62.5 Å². The number of nitrogens with zero attached hydrogens (tertiary/aromatic N) is 1. The number of esters is 2. The molecule has 10 nitrogen and oxygen atoms in total. The van der Waals surface area contributed by atoms with Crippen molar-refractivity contribution in [3.05, 3.63) is 48.6 Å². The molecular weight excluding hydrogens is 693 g/mol. The summed E-state index contributed by atoms with van der Waals surface area (Å²) in [5.74, 6) is -0.889. The number of quaternary nitrogens is 1. The lowest BCUT2D eigenvalue weighted by Gasteiger charge is -2.24. The Morgan fingerprint density at radius 3 is 1.92 bits per heavy atom. The summed E-state index contributed by atoms with van der Waals surface area (Å²) in [5.41, 5.74) is 0. The number of ether oxygens (including phenoxy) is 3. The van der Waals surface area contributed by atoms with E-state index in [0.29, 0.717) is 23.9 Å². The summed E-state index contributed by atoms with van der Waals surface area (Å²) in [6, 6.07) is 0. The summed E-state index contributed by atoms with van der Waals surface area (Å²) < 4.78 is 39.9. The fourth-order valence-electron chi connectivity index (χ4n) is 5.32. The Balaban J connectivity index is 2.36. The summed E-state index contributed by atoms with van der Waals surface area (Å²) in [4.78, 5) is 35.3. The highest BCUT2D eigenvalue weighted by Gasteiger charge is 2.36. The van der Waals surface area contributed by atoms with Crippen molar-refractivity contribution in [2.24, 2.45) is 0 Å². The molecule has 1 heterocycles. The van der Waals surface area contributed by atoms with Crippen LogP contribution in [-0.2, 0) is 37.4 Å². The molecule has 3 unspecified atom stereocenters. The van der Waals surface area contributed by atoms with Crippen LogP contribution in [-0.4, -0.2) is 87.1 Å². The molecule has 0 saturated carbocycles. The van der Waals surface area contributed by atoms with Crippen molar-refractivity contribution in [2.75, 3.05) is 47.5 Å². The summed E-state index contributed by atoms with van der Waals surface area (Å²) in [7, 11) is 1.42. The molecule has 306 valence electrons. The van der Waals surface area contributed by atoms with Gasteiger partial charge in [0.15, 0.2) is 6.10 Å². The number of allylic oxidation sites excluding steroid dienone is 6. The fourth-order valence-corrected chi connectivity index (χ4v) is 6.06. The van der Waals surface area contributed by atoms with E-state index < -0.39 is 32.5 Å². The predicted molar refractivity (Wildman–Crippen MR) is 214 cm³/mol. The summed E-state index contributed by atoms with van der Waals surface area (Å²) >= 11 is 0. The van der Waals surface area contributed by atoms with Gasteiger partial charge in [-0.3, -0.25) is 18.6 Å². The molecule has 0 aliphatic carbocycles. The second kappa shape index (κ2) is 31.2. The van der Waals surface area contributed by atoms with Gasteiger partial charge in [0.25, 0.3) is 0 Å². The molecule has 1 aliphatic heterocycles. The third kappa shape index (κ3) is 31.9. The molecule has 1 fully saturated rings. The topological polar surface area (TPSA) is 121 Å². The van der Waals surface area contributed by atoms with E-state index in [1.54, 1.807) is 0 Å². The van der Waals surface area contributed by atoms with Crippen LogP contribution in [0.2, 0.25) is 0 Å². The molecule has 0 aromatic heterocycles. The van der Waals surface area contributed by atoms with E-state index in [0.717, 1.165) is 64.2 Å². The monoisotopic (exact) mass is 769 g/mol. The van der Waals surface area contributed by atoms with Gasteiger partial charge in [0.1, 0.15) is 19.8 Å². The molecule has 0 aromatic carbocycles. The molecule has 1 rings (SSSR count). The van der Waals surface area contributed by atoms with E-state index >= 15 is 0 Å². The Hall–Kier alpha value is -2.07. The van der Waals surface area contributed by atoms with E-state index in [1.165, 1.54) is 38.5 Å². The number of rotatable bonds is 35. The molecule has 53 heavy (non-hydrogen) atoms. The molecule has 0 bridgehead atoms. The fraction of sp³-hybridized carbons (Fsp3) is 0.762. The Bertz CT molecular complexity index is 1110. The van der Waals surface area contributed by atoms with Crippen LogP contribution in [0.1, 0.15) is 142 Å². The predicted octanol–water partition coefficient (Wildman–Crippen LogP) is 10.1. The van der Waals surface area contributed by atoms with E-state index in [4.69, 9.17) is 23.3 Å². The Kier molecular flexibility index (Phi) is 28.8. The van der Waals surface area contributed by atoms with Gasteiger partial charge < -0.3 is 23.6 Å². The summed E-state index contributed by atoms with van der Waals surface area (Å²) in [6.07, 6.45) is 36.2. The van der Waals surface area contributed by atoms with Crippen LogP contribution in [0.15, 0.2) is 48.6 Å². The number of epoxide rings is 1. The maximum Gasteiger partial charge on any atom is 0.472 e. The minimum Gasteiger partial charge on any atom is -0.462 e. The van der Waals surface area contributed by atoms with Crippen LogP contribution in [0.3, 0.4) is 0 Å². The smallest absolute Gasteiger partial charge is 0.462 e. The summed E-state index contributed by atoms with van der Waals surface area (Å²) in [5, 5.41) is 0. The van der Waals surface area contributed by atoms with Crippen molar-refractivity contribution < 1.29 is 46.8 Å². The molecule has 11 heteroatoms. The lowest BCUT2D eigenvalue weighted by molar-refractivity contribution is -0.870. The zero-order valence-corrected chi connectivity index (χ0v) is 34.8. The van der Waals surface area contributed by atoms with Crippen molar-refractivity contribution in [2.45, 2.75) is 161 Å². The number of phosphoric ester groups is 1. The number of unbranched alkanes of at least 4 members (excludes halogenated alkanes) is 11. The molecule has 0 aromatic rings. The molecule has 1 saturated heterocycles. The maximum absolute atomic E-state index is 12.6. The van der Waals surface area contributed by atoms with Gasteiger partial charge in [0, 0.05) is 12.8 Å². The minimum atomic E-state index is -4.39. The van der Waals surface area contributed by atoms with Gasteiger partial charge in [-0.05, 0) is 70.6 Å². The van der Waals surface area contributed by atoms with Crippen molar-refractivity contribution in [3.63, 3.8) is 0 Å². The van der Waals surface area contributed by atoms with E-state index in [1.807, 2.05) is 21.1 Å². The van der Waals surface area contributed by atoms with Gasteiger partial charge in [-0.25, -0.2) is 4.57 Å². The Morgan fingerprint density at radius 1 is 0.679 bits per heavy atom. The number of carbonyl (C=O) groups is 2. The molecular formula is C42H75NO9P+. The third-order valence-corrected chi connectivity index (χ3v) is 9.72. The van der Waals surface area contributed by atoms with Crippen molar-refractivity contribution in [3.8, 4) is 0 Å². The lowest BCUT2D eigenvalue weighted by atomic mass is 10.1. The van der Waals surface area contributed by atoms with Crippen molar-refractivity contribution >= 4 is 19.8 Å². The normalized spacial score (nSPS) is 18.0.